The lowest BCUT2D eigenvalue weighted by Gasteiger charge is -2.32. The Labute approximate surface area is 209 Å². The first-order chi connectivity index (χ1) is 16.0. The summed E-state index contributed by atoms with van der Waals surface area (Å²) in [5.41, 5.74) is 0. The van der Waals surface area contributed by atoms with Gasteiger partial charge in [-0.25, -0.2) is 0 Å². The average molecular weight is 474 g/mol. The fourth-order valence-corrected chi connectivity index (χ4v) is 3.10. The molecular formula is C28H63N3O2. The van der Waals surface area contributed by atoms with Gasteiger partial charge in [-0.1, -0.05) is 92.9 Å². The minimum absolute atomic E-state index is 0.227. The summed E-state index contributed by atoms with van der Waals surface area (Å²) in [5.74, 6) is 0.227. The summed E-state index contributed by atoms with van der Waals surface area (Å²) in [5, 5.41) is 2.90. The van der Waals surface area contributed by atoms with E-state index in [1.807, 2.05) is 13.8 Å². The standard InChI is InChI=1S/C13H27NO.C9H20N2O.C4H10.C2H6/c1-3-5-6-7-8-9-10-11-13(15)14-12-4-2;1-10-5-7-11(8-6-10)4-3-9-12-2;1-3-4-2;1-2/h3-12H2,1-2H3,(H,14,15);3-9H2,1-2H3;3-4H2,1-2H3;1-2H3. The van der Waals surface area contributed by atoms with E-state index in [4.69, 9.17) is 4.74 Å². The van der Waals surface area contributed by atoms with Crippen molar-refractivity contribution >= 4 is 5.91 Å². The molecule has 0 bridgehead atoms. The molecule has 0 spiro atoms. The quantitative estimate of drug-likeness (QED) is 0.267. The highest BCUT2D eigenvalue weighted by atomic mass is 16.5. The lowest BCUT2D eigenvalue weighted by Crippen LogP contribution is -2.44. The number of amides is 1. The SMILES string of the molecule is CC.CCCC.CCCCCCCCCC(=O)NCCC.COCCCN1CCN(C)CC1. The zero-order valence-electron chi connectivity index (χ0n) is 24.1. The average Bonchev–Trinajstić information content (AvgIpc) is 2.85. The molecule has 5 heteroatoms. The Morgan fingerprint density at radius 1 is 0.758 bits per heavy atom. The third-order valence-electron chi connectivity index (χ3n) is 5.50. The first-order valence-corrected chi connectivity index (χ1v) is 14.2. The van der Waals surface area contributed by atoms with Crippen molar-refractivity contribution in [3.8, 4) is 0 Å². The van der Waals surface area contributed by atoms with Crippen molar-refractivity contribution in [2.24, 2.45) is 0 Å². The zero-order valence-corrected chi connectivity index (χ0v) is 24.1. The first-order valence-electron chi connectivity index (χ1n) is 14.2. The van der Waals surface area contributed by atoms with E-state index in [2.05, 4.69) is 49.9 Å². The van der Waals surface area contributed by atoms with Crippen molar-refractivity contribution in [3.63, 3.8) is 0 Å². The molecule has 33 heavy (non-hydrogen) atoms. The molecule has 1 fully saturated rings. The van der Waals surface area contributed by atoms with E-state index in [1.54, 1.807) is 7.11 Å². The molecule has 1 saturated heterocycles. The molecule has 0 unspecified atom stereocenters. The number of piperazine rings is 1. The van der Waals surface area contributed by atoms with E-state index < -0.39 is 0 Å². The molecule has 1 N–H and O–H groups in total. The normalized spacial score (nSPS) is 13.6. The Balaban J connectivity index is -0.000000445. The van der Waals surface area contributed by atoms with Crippen LogP contribution in [-0.2, 0) is 9.53 Å². The molecule has 1 amide bonds. The monoisotopic (exact) mass is 473 g/mol. The molecule has 1 heterocycles. The van der Waals surface area contributed by atoms with Crippen molar-refractivity contribution < 1.29 is 9.53 Å². The molecule has 1 aliphatic heterocycles. The summed E-state index contributed by atoms with van der Waals surface area (Å²) < 4.78 is 5.02. The number of likely N-dealkylation sites (N-methyl/N-ethyl adjacent to an activating group) is 1. The van der Waals surface area contributed by atoms with Gasteiger partial charge in [0.2, 0.25) is 5.91 Å². The van der Waals surface area contributed by atoms with E-state index in [-0.39, 0.29) is 5.91 Å². The zero-order chi connectivity index (χ0) is 25.6. The summed E-state index contributed by atoms with van der Waals surface area (Å²) in [6.45, 7) is 20.5. The topological polar surface area (TPSA) is 44.8 Å². The smallest absolute Gasteiger partial charge is 0.219 e. The van der Waals surface area contributed by atoms with Gasteiger partial charge in [0.05, 0.1) is 0 Å². The van der Waals surface area contributed by atoms with Crippen molar-refractivity contribution in [2.45, 2.75) is 119 Å². The van der Waals surface area contributed by atoms with E-state index in [1.165, 1.54) is 90.5 Å². The van der Waals surface area contributed by atoms with Crippen LogP contribution in [-0.4, -0.2) is 75.7 Å². The largest absolute Gasteiger partial charge is 0.385 e. The molecule has 0 aromatic rings. The van der Waals surface area contributed by atoms with Crippen LogP contribution in [0.2, 0.25) is 0 Å². The third-order valence-corrected chi connectivity index (χ3v) is 5.50. The number of hydrogen-bond donors (Lipinski definition) is 1. The van der Waals surface area contributed by atoms with E-state index in [9.17, 15) is 4.79 Å². The molecule has 0 saturated carbocycles. The van der Waals surface area contributed by atoms with Crippen LogP contribution >= 0.6 is 0 Å². The number of hydrogen-bond acceptors (Lipinski definition) is 4. The number of methoxy groups -OCH3 is 1. The number of ether oxygens (including phenoxy) is 1. The van der Waals surface area contributed by atoms with Crippen LogP contribution in [0.3, 0.4) is 0 Å². The summed E-state index contributed by atoms with van der Waals surface area (Å²) >= 11 is 0. The second-order valence-electron chi connectivity index (χ2n) is 8.71. The van der Waals surface area contributed by atoms with Crippen molar-refractivity contribution in [3.05, 3.63) is 0 Å². The Morgan fingerprint density at radius 3 is 1.79 bits per heavy atom. The van der Waals surface area contributed by atoms with Crippen LogP contribution in [0.25, 0.3) is 0 Å². The highest BCUT2D eigenvalue weighted by molar-refractivity contribution is 5.75. The Morgan fingerprint density at radius 2 is 1.30 bits per heavy atom. The lowest BCUT2D eigenvalue weighted by atomic mass is 10.1. The van der Waals surface area contributed by atoms with Crippen LogP contribution in [0, 0.1) is 0 Å². The van der Waals surface area contributed by atoms with Gasteiger partial charge in [0.15, 0.2) is 0 Å². The van der Waals surface area contributed by atoms with Crippen LogP contribution in [0.5, 0.6) is 0 Å². The third kappa shape index (κ3) is 33.6. The maximum atomic E-state index is 11.2. The second-order valence-corrected chi connectivity index (χ2v) is 8.71. The molecule has 0 aromatic carbocycles. The highest BCUT2D eigenvalue weighted by Gasteiger charge is 2.12. The highest BCUT2D eigenvalue weighted by Crippen LogP contribution is 2.08. The van der Waals surface area contributed by atoms with E-state index in [0.29, 0.717) is 6.42 Å². The molecular weight excluding hydrogens is 410 g/mol. The van der Waals surface area contributed by atoms with Crippen LogP contribution in [0.4, 0.5) is 0 Å². The maximum absolute atomic E-state index is 11.2. The predicted molar refractivity (Wildman–Crippen MR) is 148 cm³/mol. The van der Waals surface area contributed by atoms with Gasteiger partial charge in [-0.15, -0.1) is 0 Å². The van der Waals surface area contributed by atoms with Crippen LogP contribution in [0.1, 0.15) is 119 Å². The van der Waals surface area contributed by atoms with Gasteiger partial charge in [0.1, 0.15) is 0 Å². The fourth-order valence-electron chi connectivity index (χ4n) is 3.10. The minimum Gasteiger partial charge on any atom is -0.385 e. The van der Waals surface area contributed by atoms with Crippen LogP contribution in [0.15, 0.2) is 0 Å². The number of rotatable bonds is 15. The second kappa shape index (κ2) is 33.5. The number of carbonyl (C=O) groups excluding carboxylic acids is 1. The van der Waals surface area contributed by atoms with Gasteiger partial charge in [0.25, 0.3) is 0 Å². The number of nitrogens with zero attached hydrogens (tertiary/aromatic N) is 2. The summed E-state index contributed by atoms with van der Waals surface area (Å²) in [7, 11) is 3.95. The molecule has 5 nitrogen and oxygen atoms in total. The van der Waals surface area contributed by atoms with Gasteiger partial charge in [0, 0.05) is 59.4 Å². The molecule has 0 radical (unpaired) electrons. The number of carbonyl (C=O) groups is 1. The summed E-state index contributed by atoms with van der Waals surface area (Å²) in [4.78, 5) is 16.1. The summed E-state index contributed by atoms with van der Waals surface area (Å²) in [6.07, 6.45) is 14.5. The van der Waals surface area contributed by atoms with Gasteiger partial charge in [-0.05, 0) is 26.3 Å². The van der Waals surface area contributed by atoms with Crippen LogP contribution < -0.4 is 5.32 Å². The van der Waals surface area contributed by atoms with Crippen molar-refractivity contribution in [2.75, 3.05) is 60.0 Å². The molecule has 0 atom stereocenters. The van der Waals surface area contributed by atoms with E-state index >= 15 is 0 Å². The summed E-state index contributed by atoms with van der Waals surface area (Å²) in [6, 6.07) is 0. The molecule has 1 aliphatic rings. The Kier molecular flexibility index (Phi) is 37.5. The molecule has 0 aliphatic carbocycles. The number of unbranched alkanes of at least 4 members (excludes halogenated alkanes) is 7. The Hall–Kier alpha value is -0.650. The molecule has 202 valence electrons. The van der Waals surface area contributed by atoms with Gasteiger partial charge in [-0.2, -0.15) is 0 Å². The van der Waals surface area contributed by atoms with E-state index in [0.717, 1.165) is 26.0 Å². The van der Waals surface area contributed by atoms with Gasteiger partial charge >= 0.3 is 0 Å². The predicted octanol–water partition coefficient (Wildman–Crippen LogP) is 6.76. The van der Waals surface area contributed by atoms with Crippen molar-refractivity contribution in [1.29, 1.82) is 0 Å². The fraction of sp³-hybridized carbons (Fsp3) is 0.964. The minimum atomic E-state index is 0.227. The number of nitrogens with one attached hydrogen (secondary N) is 1. The molecule has 1 rings (SSSR count). The van der Waals surface area contributed by atoms with Crippen molar-refractivity contribution in [1.82, 2.24) is 15.1 Å². The van der Waals surface area contributed by atoms with Gasteiger partial charge < -0.3 is 19.9 Å². The molecule has 0 aromatic heterocycles. The van der Waals surface area contributed by atoms with Gasteiger partial charge in [-0.3, -0.25) is 4.79 Å². The first kappa shape index (κ1) is 36.9. The Bertz CT molecular complexity index is 344. The lowest BCUT2D eigenvalue weighted by molar-refractivity contribution is -0.121. The maximum Gasteiger partial charge on any atom is 0.219 e.